The molecule has 1 aromatic rings. The van der Waals surface area contributed by atoms with Crippen LogP contribution in [0.5, 0.6) is 0 Å². The van der Waals surface area contributed by atoms with Gasteiger partial charge in [-0.1, -0.05) is 18.2 Å². The lowest BCUT2D eigenvalue weighted by atomic mass is 10.0. The van der Waals surface area contributed by atoms with Crippen molar-refractivity contribution in [3.63, 3.8) is 0 Å². The maximum Gasteiger partial charge on any atom is 0.251 e. The molecule has 2 rings (SSSR count). The maximum atomic E-state index is 11.9. The highest BCUT2D eigenvalue weighted by Crippen LogP contribution is 2.13. The summed E-state index contributed by atoms with van der Waals surface area (Å²) < 4.78 is 0. The smallest absolute Gasteiger partial charge is 0.251 e. The predicted molar refractivity (Wildman–Crippen MR) is 65.9 cm³/mol. The largest absolute Gasteiger partial charge is 0.387 e. The van der Waals surface area contributed by atoms with Crippen LogP contribution in [-0.4, -0.2) is 36.2 Å². The summed E-state index contributed by atoms with van der Waals surface area (Å²) in [4.78, 5) is 11.9. The maximum absolute atomic E-state index is 11.9. The second-order valence-electron chi connectivity index (χ2n) is 4.65. The van der Waals surface area contributed by atoms with Crippen LogP contribution in [0.4, 0.5) is 0 Å². The molecule has 1 heterocycles. The number of amides is 1. The van der Waals surface area contributed by atoms with E-state index in [1.54, 1.807) is 6.07 Å². The zero-order valence-corrected chi connectivity index (χ0v) is 9.99. The molecule has 4 heteroatoms. The van der Waals surface area contributed by atoms with E-state index >= 15 is 0 Å². The van der Waals surface area contributed by atoms with Crippen molar-refractivity contribution in [2.75, 3.05) is 19.6 Å². The van der Waals surface area contributed by atoms with Gasteiger partial charge in [-0.2, -0.15) is 0 Å². The molecule has 0 aromatic heterocycles. The highest BCUT2D eigenvalue weighted by atomic mass is 16.3. The van der Waals surface area contributed by atoms with Crippen molar-refractivity contribution in [1.29, 1.82) is 0 Å². The summed E-state index contributed by atoms with van der Waals surface area (Å²) in [5, 5.41) is 16.0. The highest BCUT2D eigenvalue weighted by molar-refractivity contribution is 5.95. The number of hydrogen-bond acceptors (Lipinski definition) is 3. The van der Waals surface area contributed by atoms with Gasteiger partial charge in [0.2, 0.25) is 0 Å². The van der Waals surface area contributed by atoms with Crippen molar-refractivity contribution in [3.8, 4) is 0 Å². The molecule has 92 valence electrons. The molecule has 1 aliphatic rings. The number of carbonyl (C=O) groups is 1. The Morgan fingerprint density at radius 1 is 1.53 bits per heavy atom. The second kappa shape index (κ2) is 4.85. The van der Waals surface area contributed by atoms with Crippen LogP contribution in [0.1, 0.15) is 22.3 Å². The number of benzene rings is 1. The summed E-state index contributed by atoms with van der Waals surface area (Å²) in [6.45, 7) is 3.55. The van der Waals surface area contributed by atoms with Crippen LogP contribution >= 0.6 is 0 Å². The first kappa shape index (κ1) is 12.1. The van der Waals surface area contributed by atoms with Gasteiger partial charge in [0.15, 0.2) is 0 Å². The molecule has 1 unspecified atom stereocenters. The predicted octanol–water partition coefficient (Wildman–Crippen LogP) is 0.449. The summed E-state index contributed by atoms with van der Waals surface area (Å²) in [6.07, 6.45) is 0.682. The van der Waals surface area contributed by atoms with Crippen LogP contribution in [0.2, 0.25) is 0 Å². The van der Waals surface area contributed by atoms with Gasteiger partial charge < -0.3 is 15.7 Å². The first-order chi connectivity index (χ1) is 8.11. The van der Waals surface area contributed by atoms with Gasteiger partial charge in [-0.05, 0) is 31.5 Å². The van der Waals surface area contributed by atoms with Crippen molar-refractivity contribution < 1.29 is 9.90 Å². The van der Waals surface area contributed by atoms with E-state index in [1.165, 1.54) is 0 Å². The third kappa shape index (κ3) is 2.84. The van der Waals surface area contributed by atoms with Gasteiger partial charge >= 0.3 is 0 Å². The Bertz CT molecular complexity index is 412. The molecule has 1 amide bonds. The lowest BCUT2D eigenvalue weighted by Crippen LogP contribution is -2.44. The van der Waals surface area contributed by atoms with Gasteiger partial charge in [0.05, 0.1) is 5.60 Å². The monoisotopic (exact) mass is 234 g/mol. The zero-order valence-electron chi connectivity index (χ0n) is 9.99. The molecule has 0 bridgehead atoms. The number of hydrogen-bond donors (Lipinski definition) is 3. The van der Waals surface area contributed by atoms with E-state index in [1.807, 2.05) is 25.1 Å². The minimum absolute atomic E-state index is 0.122. The minimum Gasteiger partial charge on any atom is -0.387 e. The average Bonchev–Trinajstić information content (AvgIpc) is 2.74. The van der Waals surface area contributed by atoms with E-state index in [0.29, 0.717) is 25.1 Å². The van der Waals surface area contributed by atoms with Crippen LogP contribution < -0.4 is 10.6 Å². The van der Waals surface area contributed by atoms with Crippen molar-refractivity contribution in [2.24, 2.45) is 0 Å². The number of β-amino-alcohol motifs (C(OH)–C–C–N with tert-alkyl or cyclic N) is 1. The van der Waals surface area contributed by atoms with E-state index in [-0.39, 0.29) is 5.91 Å². The molecule has 1 fully saturated rings. The Balaban J connectivity index is 1.96. The first-order valence-electron chi connectivity index (χ1n) is 5.88. The van der Waals surface area contributed by atoms with Crippen molar-refractivity contribution in [2.45, 2.75) is 18.9 Å². The fourth-order valence-electron chi connectivity index (χ4n) is 2.05. The van der Waals surface area contributed by atoms with Gasteiger partial charge in [-0.25, -0.2) is 0 Å². The molecule has 3 N–H and O–H groups in total. The Labute approximate surface area is 101 Å². The lowest BCUT2D eigenvalue weighted by molar-refractivity contribution is 0.0561. The van der Waals surface area contributed by atoms with Gasteiger partial charge in [-0.3, -0.25) is 4.79 Å². The third-order valence-corrected chi connectivity index (χ3v) is 3.19. The topological polar surface area (TPSA) is 61.4 Å². The van der Waals surface area contributed by atoms with Crippen molar-refractivity contribution >= 4 is 5.91 Å². The molecular formula is C13H18N2O2. The Hall–Kier alpha value is -1.39. The molecule has 1 saturated heterocycles. The van der Waals surface area contributed by atoms with Crippen LogP contribution in [0.3, 0.4) is 0 Å². The van der Waals surface area contributed by atoms with E-state index in [0.717, 1.165) is 12.1 Å². The molecular weight excluding hydrogens is 216 g/mol. The normalized spacial score (nSPS) is 23.6. The summed E-state index contributed by atoms with van der Waals surface area (Å²) >= 11 is 0. The lowest BCUT2D eigenvalue weighted by Gasteiger charge is -2.21. The van der Waals surface area contributed by atoms with Crippen molar-refractivity contribution in [1.82, 2.24) is 10.6 Å². The van der Waals surface area contributed by atoms with Crippen LogP contribution in [0.15, 0.2) is 24.3 Å². The summed E-state index contributed by atoms with van der Waals surface area (Å²) in [5.74, 6) is -0.122. The molecule has 1 aliphatic heterocycles. The zero-order chi connectivity index (χ0) is 12.3. The quantitative estimate of drug-likeness (QED) is 0.711. The fourth-order valence-corrected chi connectivity index (χ4v) is 2.05. The minimum atomic E-state index is -0.793. The number of carbonyl (C=O) groups excluding carboxylic acids is 1. The van der Waals surface area contributed by atoms with Gasteiger partial charge in [0.25, 0.3) is 5.91 Å². The Kier molecular flexibility index (Phi) is 3.45. The third-order valence-electron chi connectivity index (χ3n) is 3.19. The summed E-state index contributed by atoms with van der Waals surface area (Å²) in [6, 6.07) is 7.44. The summed E-state index contributed by atoms with van der Waals surface area (Å²) in [5.41, 5.74) is 0.821. The molecule has 4 nitrogen and oxygen atoms in total. The first-order valence-corrected chi connectivity index (χ1v) is 5.88. The molecule has 1 aromatic carbocycles. The van der Waals surface area contributed by atoms with Crippen LogP contribution in [-0.2, 0) is 0 Å². The number of aliphatic hydroxyl groups is 1. The highest BCUT2D eigenvalue weighted by Gasteiger charge is 2.31. The van der Waals surface area contributed by atoms with Gasteiger partial charge in [0, 0.05) is 18.7 Å². The summed E-state index contributed by atoms with van der Waals surface area (Å²) in [7, 11) is 0. The molecule has 17 heavy (non-hydrogen) atoms. The SMILES string of the molecule is Cc1ccccc1C(=O)NCC1(O)CCNC1. The van der Waals surface area contributed by atoms with Gasteiger partial charge in [0.1, 0.15) is 0 Å². The second-order valence-corrected chi connectivity index (χ2v) is 4.65. The Morgan fingerprint density at radius 3 is 2.94 bits per heavy atom. The fraction of sp³-hybridized carbons (Fsp3) is 0.462. The Morgan fingerprint density at radius 2 is 2.29 bits per heavy atom. The standard InChI is InChI=1S/C13H18N2O2/c1-10-4-2-3-5-11(10)12(16)15-9-13(17)6-7-14-8-13/h2-5,14,17H,6-9H2,1H3,(H,15,16). The van der Waals surface area contributed by atoms with E-state index in [2.05, 4.69) is 10.6 Å². The van der Waals surface area contributed by atoms with E-state index in [9.17, 15) is 9.90 Å². The molecule has 0 aliphatic carbocycles. The number of nitrogens with one attached hydrogen (secondary N) is 2. The average molecular weight is 234 g/mol. The van der Waals surface area contributed by atoms with Gasteiger partial charge in [-0.15, -0.1) is 0 Å². The number of aryl methyl sites for hydroxylation is 1. The molecule has 0 spiro atoms. The molecule has 0 radical (unpaired) electrons. The van der Waals surface area contributed by atoms with Crippen molar-refractivity contribution in [3.05, 3.63) is 35.4 Å². The van der Waals surface area contributed by atoms with Crippen LogP contribution in [0.25, 0.3) is 0 Å². The molecule has 1 atom stereocenters. The van der Waals surface area contributed by atoms with Crippen LogP contribution in [0, 0.1) is 6.92 Å². The number of rotatable bonds is 3. The van der Waals surface area contributed by atoms with E-state index < -0.39 is 5.60 Å². The van der Waals surface area contributed by atoms with E-state index in [4.69, 9.17) is 0 Å². The molecule has 0 saturated carbocycles.